The van der Waals surface area contributed by atoms with Crippen LogP contribution in [0.4, 0.5) is 0 Å². The van der Waals surface area contributed by atoms with Gasteiger partial charge in [0, 0.05) is 19.0 Å². The number of hydrogen-bond donors (Lipinski definition) is 1. The van der Waals surface area contributed by atoms with Crippen molar-refractivity contribution >= 4 is 17.4 Å². The SMILES string of the molecule is CC(C)CC(CN)C(=O)c1c(Cl)cnn1CCN(C)C. The first-order valence-corrected chi connectivity index (χ1v) is 7.34. The fourth-order valence-corrected chi connectivity index (χ4v) is 2.38. The summed E-state index contributed by atoms with van der Waals surface area (Å²) in [5, 5.41) is 4.61. The number of aromatic nitrogens is 2. The van der Waals surface area contributed by atoms with Gasteiger partial charge in [-0.2, -0.15) is 5.10 Å². The van der Waals surface area contributed by atoms with Crippen LogP contribution in [0.25, 0.3) is 0 Å². The molecule has 2 N–H and O–H groups in total. The van der Waals surface area contributed by atoms with Gasteiger partial charge in [-0.25, -0.2) is 0 Å². The van der Waals surface area contributed by atoms with E-state index in [1.165, 1.54) is 6.20 Å². The topological polar surface area (TPSA) is 64.2 Å². The third-order valence-corrected chi connectivity index (χ3v) is 3.48. The maximum atomic E-state index is 12.6. The van der Waals surface area contributed by atoms with E-state index in [9.17, 15) is 4.79 Å². The number of likely N-dealkylation sites (N-methyl/N-ethyl adjacent to an activating group) is 1. The Kier molecular flexibility index (Phi) is 6.65. The molecule has 20 heavy (non-hydrogen) atoms. The second-order valence-electron chi connectivity index (χ2n) is 5.79. The minimum Gasteiger partial charge on any atom is -0.330 e. The molecule has 0 radical (unpaired) electrons. The van der Waals surface area contributed by atoms with Gasteiger partial charge < -0.3 is 10.6 Å². The minimum absolute atomic E-state index is 0.00227. The highest BCUT2D eigenvalue weighted by Crippen LogP contribution is 2.22. The highest BCUT2D eigenvalue weighted by Gasteiger charge is 2.25. The van der Waals surface area contributed by atoms with E-state index in [0.717, 1.165) is 13.0 Å². The molecule has 0 fully saturated rings. The Balaban J connectivity index is 2.93. The molecule has 0 spiro atoms. The first-order chi connectivity index (χ1) is 9.36. The Morgan fingerprint density at radius 1 is 1.50 bits per heavy atom. The van der Waals surface area contributed by atoms with Crippen LogP contribution in [0.1, 0.15) is 30.8 Å². The van der Waals surface area contributed by atoms with E-state index in [0.29, 0.717) is 29.7 Å². The summed E-state index contributed by atoms with van der Waals surface area (Å²) in [5.74, 6) is 0.231. The quantitative estimate of drug-likeness (QED) is 0.745. The van der Waals surface area contributed by atoms with Crippen LogP contribution in [-0.2, 0) is 6.54 Å². The maximum Gasteiger partial charge on any atom is 0.186 e. The fraction of sp³-hybridized carbons (Fsp3) is 0.714. The molecule has 0 saturated carbocycles. The zero-order chi connectivity index (χ0) is 15.3. The van der Waals surface area contributed by atoms with Crippen molar-refractivity contribution in [3.05, 3.63) is 16.9 Å². The monoisotopic (exact) mass is 300 g/mol. The van der Waals surface area contributed by atoms with Crippen LogP contribution in [0.5, 0.6) is 0 Å². The average molecular weight is 301 g/mol. The molecule has 1 heterocycles. The molecule has 0 aliphatic carbocycles. The Morgan fingerprint density at radius 3 is 2.65 bits per heavy atom. The van der Waals surface area contributed by atoms with Crippen LogP contribution in [0.2, 0.25) is 5.02 Å². The molecule has 0 bridgehead atoms. The smallest absolute Gasteiger partial charge is 0.186 e. The Morgan fingerprint density at radius 2 is 2.15 bits per heavy atom. The maximum absolute atomic E-state index is 12.6. The highest BCUT2D eigenvalue weighted by atomic mass is 35.5. The first-order valence-electron chi connectivity index (χ1n) is 6.97. The number of nitrogens with zero attached hydrogens (tertiary/aromatic N) is 3. The highest BCUT2D eigenvalue weighted by molar-refractivity contribution is 6.33. The van der Waals surface area contributed by atoms with Gasteiger partial charge in [-0.3, -0.25) is 9.48 Å². The molecule has 0 saturated heterocycles. The minimum atomic E-state index is -0.192. The third-order valence-electron chi connectivity index (χ3n) is 3.20. The normalized spacial score (nSPS) is 13.2. The van der Waals surface area contributed by atoms with Crippen molar-refractivity contribution in [3.63, 3.8) is 0 Å². The third kappa shape index (κ3) is 4.58. The molecule has 5 nitrogen and oxygen atoms in total. The standard InChI is InChI=1S/C14H25ClN4O/c1-10(2)7-11(8-16)14(20)13-12(15)9-17-19(13)6-5-18(3)4/h9-11H,5-8,16H2,1-4H3. The van der Waals surface area contributed by atoms with Gasteiger partial charge in [-0.1, -0.05) is 25.4 Å². The molecule has 114 valence electrons. The number of carbonyl (C=O) groups excluding carboxylic acids is 1. The Bertz CT molecular complexity index is 442. The van der Waals surface area contributed by atoms with E-state index in [1.807, 2.05) is 19.0 Å². The summed E-state index contributed by atoms with van der Waals surface area (Å²) < 4.78 is 1.69. The lowest BCUT2D eigenvalue weighted by molar-refractivity contribution is 0.0897. The van der Waals surface area contributed by atoms with Gasteiger partial charge in [0.1, 0.15) is 5.69 Å². The van der Waals surface area contributed by atoms with Crippen molar-refractivity contribution in [1.82, 2.24) is 14.7 Å². The predicted molar refractivity (Wildman–Crippen MR) is 82.1 cm³/mol. The van der Waals surface area contributed by atoms with Crippen LogP contribution >= 0.6 is 11.6 Å². The van der Waals surface area contributed by atoms with Crippen molar-refractivity contribution in [2.45, 2.75) is 26.8 Å². The van der Waals surface area contributed by atoms with Gasteiger partial charge in [0.2, 0.25) is 0 Å². The fourth-order valence-electron chi connectivity index (χ4n) is 2.14. The predicted octanol–water partition coefficient (Wildman–Crippen LogP) is 1.90. The van der Waals surface area contributed by atoms with Crippen molar-refractivity contribution < 1.29 is 4.79 Å². The van der Waals surface area contributed by atoms with E-state index < -0.39 is 0 Å². The van der Waals surface area contributed by atoms with Crippen molar-refractivity contribution in [2.24, 2.45) is 17.6 Å². The van der Waals surface area contributed by atoms with Crippen LogP contribution in [0.15, 0.2) is 6.20 Å². The molecule has 1 aromatic rings. The van der Waals surface area contributed by atoms with Gasteiger partial charge in [0.05, 0.1) is 17.8 Å². The van der Waals surface area contributed by atoms with E-state index in [-0.39, 0.29) is 11.7 Å². The molecule has 0 aliphatic rings. The van der Waals surface area contributed by atoms with E-state index in [1.54, 1.807) is 4.68 Å². The molecule has 1 rings (SSSR count). The molecular weight excluding hydrogens is 276 g/mol. The van der Waals surface area contributed by atoms with Crippen molar-refractivity contribution in [3.8, 4) is 0 Å². The van der Waals surface area contributed by atoms with Gasteiger partial charge in [0.15, 0.2) is 5.78 Å². The summed E-state index contributed by atoms with van der Waals surface area (Å²) >= 11 is 6.13. The number of rotatable bonds is 8. The zero-order valence-corrected chi connectivity index (χ0v) is 13.5. The van der Waals surface area contributed by atoms with Crippen LogP contribution in [0.3, 0.4) is 0 Å². The summed E-state index contributed by atoms with van der Waals surface area (Å²) in [6.45, 7) is 5.95. The van der Waals surface area contributed by atoms with Crippen LogP contribution < -0.4 is 5.73 Å². The molecule has 0 aromatic carbocycles. The number of nitrogens with two attached hydrogens (primary N) is 1. The Hall–Kier alpha value is -0.910. The molecular formula is C14H25ClN4O. The molecule has 6 heteroatoms. The summed E-state index contributed by atoms with van der Waals surface area (Å²) in [6.07, 6.45) is 2.30. The van der Waals surface area contributed by atoms with Gasteiger partial charge in [-0.05, 0) is 26.4 Å². The van der Waals surface area contributed by atoms with E-state index in [4.69, 9.17) is 17.3 Å². The second-order valence-corrected chi connectivity index (χ2v) is 6.20. The zero-order valence-electron chi connectivity index (χ0n) is 12.8. The lowest BCUT2D eigenvalue weighted by Gasteiger charge is -2.17. The summed E-state index contributed by atoms with van der Waals surface area (Å²) in [6, 6.07) is 0. The number of halogens is 1. The van der Waals surface area contributed by atoms with Gasteiger partial charge in [0.25, 0.3) is 0 Å². The van der Waals surface area contributed by atoms with Crippen LogP contribution in [-0.4, -0.2) is 47.6 Å². The van der Waals surface area contributed by atoms with Gasteiger partial charge in [-0.15, -0.1) is 0 Å². The largest absolute Gasteiger partial charge is 0.330 e. The lowest BCUT2D eigenvalue weighted by atomic mass is 9.92. The second kappa shape index (κ2) is 7.76. The van der Waals surface area contributed by atoms with Gasteiger partial charge >= 0.3 is 0 Å². The first kappa shape index (κ1) is 17.1. The summed E-state index contributed by atoms with van der Waals surface area (Å²) in [4.78, 5) is 14.7. The number of ketones is 1. The number of carbonyl (C=O) groups is 1. The average Bonchev–Trinajstić information content (AvgIpc) is 2.73. The molecule has 1 aromatic heterocycles. The number of Topliss-reactive ketones (excluding diaryl/α,β-unsaturated/α-hetero) is 1. The molecule has 1 unspecified atom stereocenters. The summed E-state index contributed by atoms with van der Waals surface area (Å²) in [7, 11) is 3.96. The van der Waals surface area contributed by atoms with E-state index in [2.05, 4.69) is 18.9 Å². The Labute approximate surface area is 126 Å². The molecule has 0 aliphatic heterocycles. The van der Waals surface area contributed by atoms with E-state index >= 15 is 0 Å². The molecule has 0 amide bonds. The van der Waals surface area contributed by atoms with Crippen molar-refractivity contribution in [2.75, 3.05) is 27.2 Å². The van der Waals surface area contributed by atoms with Crippen molar-refractivity contribution in [1.29, 1.82) is 0 Å². The van der Waals surface area contributed by atoms with Crippen LogP contribution in [0, 0.1) is 11.8 Å². The number of hydrogen-bond acceptors (Lipinski definition) is 4. The summed E-state index contributed by atoms with van der Waals surface area (Å²) in [5.41, 5.74) is 6.24. The lowest BCUT2D eigenvalue weighted by Crippen LogP contribution is -2.29. The molecule has 1 atom stereocenters.